The first kappa shape index (κ1) is 20.2. The second kappa shape index (κ2) is 10.1. The Hall–Kier alpha value is -2.53. The molecule has 2 aromatic carbocycles. The number of aromatic nitrogens is 2. The van der Waals surface area contributed by atoms with E-state index in [0.717, 1.165) is 41.9 Å². The first-order chi connectivity index (χ1) is 13.7. The summed E-state index contributed by atoms with van der Waals surface area (Å²) in [6.07, 6.45) is 3.12. The topological polar surface area (TPSA) is 56.2 Å². The van der Waals surface area contributed by atoms with Gasteiger partial charge >= 0.3 is 0 Å². The predicted molar refractivity (Wildman–Crippen MR) is 113 cm³/mol. The van der Waals surface area contributed by atoms with Crippen LogP contribution in [-0.4, -0.2) is 28.6 Å². The number of fused-ring (bicyclic) bond motifs is 1. The van der Waals surface area contributed by atoms with Crippen molar-refractivity contribution in [3.63, 3.8) is 0 Å². The van der Waals surface area contributed by atoms with Crippen LogP contribution >= 0.6 is 11.6 Å². The molecule has 28 heavy (non-hydrogen) atoms. The smallest absolute Gasteiger partial charge is 0.219 e. The van der Waals surface area contributed by atoms with Crippen molar-refractivity contribution in [1.82, 2.24) is 14.9 Å². The molecule has 0 unspecified atom stereocenters. The van der Waals surface area contributed by atoms with Gasteiger partial charge in [-0.1, -0.05) is 30.7 Å². The second-order valence-corrected chi connectivity index (χ2v) is 7.11. The third kappa shape index (κ3) is 5.49. The summed E-state index contributed by atoms with van der Waals surface area (Å²) in [7, 11) is 0. The van der Waals surface area contributed by atoms with Gasteiger partial charge in [-0.05, 0) is 49.2 Å². The highest BCUT2D eigenvalue weighted by Gasteiger charge is 2.10. The van der Waals surface area contributed by atoms with Gasteiger partial charge in [-0.15, -0.1) is 0 Å². The first-order valence-electron chi connectivity index (χ1n) is 9.76. The van der Waals surface area contributed by atoms with Crippen LogP contribution in [0.2, 0.25) is 5.02 Å². The van der Waals surface area contributed by atoms with Crippen molar-refractivity contribution in [2.24, 2.45) is 0 Å². The van der Waals surface area contributed by atoms with Crippen LogP contribution in [0.1, 0.15) is 32.0 Å². The average molecular weight is 400 g/mol. The number of carbonyl (C=O) groups is 1. The van der Waals surface area contributed by atoms with Crippen molar-refractivity contribution < 1.29 is 9.53 Å². The number of imidazole rings is 1. The number of nitrogens with one attached hydrogen (secondary N) is 1. The molecule has 0 bridgehead atoms. The van der Waals surface area contributed by atoms with Crippen LogP contribution in [0.15, 0.2) is 48.5 Å². The molecule has 148 valence electrons. The highest BCUT2D eigenvalue weighted by Crippen LogP contribution is 2.18. The van der Waals surface area contributed by atoms with E-state index in [-0.39, 0.29) is 5.91 Å². The van der Waals surface area contributed by atoms with E-state index in [1.165, 1.54) is 0 Å². The lowest BCUT2D eigenvalue weighted by molar-refractivity contribution is -0.121. The zero-order chi connectivity index (χ0) is 19.8. The number of para-hydroxylation sites is 2. The van der Waals surface area contributed by atoms with Gasteiger partial charge in [0.25, 0.3) is 0 Å². The maximum Gasteiger partial charge on any atom is 0.219 e. The molecule has 3 rings (SSSR count). The highest BCUT2D eigenvalue weighted by atomic mass is 35.5. The number of carbonyl (C=O) groups excluding carboxylic acids is 1. The van der Waals surface area contributed by atoms with Crippen molar-refractivity contribution in [3.8, 4) is 5.75 Å². The van der Waals surface area contributed by atoms with E-state index in [4.69, 9.17) is 21.3 Å². The Morgan fingerprint density at radius 3 is 2.75 bits per heavy atom. The number of hydrogen-bond acceptors (Lipinski definition) is 3. The van der Waals surface area contributed by atoms with E-state index in [9.17, 15) is 4.79 Å². The lowest BCUT2D eigenvalue weighted by atomic mass is 10.2. The van der Waals surface area contributed by atoms with E-state index >= 15 is 0 Å². The Kier molecular flexibility index (Phi) is 7.31. The number of nitrogens with zero attached hydrogens (tertiary/aromatic N) is 2. The minimum atomic E-state index is 0.118. The standard InChI is InChI=1S/C22H26ClN3O2/c1-2-6-22(27)24-14-5-9-21-25-19-7-3-4-8-20(19)26(21)15-16-28-18-12-10-17(23)11-13-18/h3-4,7-8,10-13H,2,5-6,9,14-16H2,1H3,(H,24,27). The number of benzene rings is 2. The van der Waals surface area contributed by atoms with Gasteiger partial charge in [0.15, 0.2) is 0 Å². The molecule has 0 saturated heterocycles. The maximum absolute atomic E-state index is 11.6. The van der Waals surface area contributed by atoms with Crippen molar-refractivity contribution in [2.75, 3.05) is 13.2 Å². The number of halogens is 1. The number of ether oxygens (including phenoxy) is 1. The van der Waals surface area contributed by atoms with Crippen molar-refractivity contribution in [3.05, 3.63) is 59.4 Å². The molecule has 1 aromatic heterocycles. The molecule has 1 amide bonds. The SMILES string of the molecule is CCCC(=O)NCCCc1nc2ccccc2n1CCOc1ccc(Cl)cc1. The number of aryl methyl sites for hydroxylation is 1. The molecule has 6 heteroatoms. The zero-order valence-electron chi connectivity index (χ0n) is 16.2. The lowest BCUT2D eigenvalue weighted by Crippen LogP contribution is -2.24. The fourth-order valence-corrected chi connectivity index (χ4v) is 3.27. The van der Waals surface area contributed by atoms with Gasteiger partial charge in [0.05, 0.1) is 17.6 Å². The van der Waals surface area contributed by atoms with E-state index in [1.807, 2.05) is 49.4 Å². The molecule has 0 fully saturated rings. The van der Waals surface area contributed by atoms with Gasteiger partial charge in [-0.3, -0.25) is 4.79 Å². The lowest BCUT2D eigenvalue weighted by Gasteiger charge is -2.11. The summed E-state index contributed by atoms with van der Waals surface area (Å²) in [5, 5.41) is 3.66. The molecular formula is C22H26ClN3O2. The first-order valence-corrected chi connectivity index (χ1v) is 10.1. The van der Waals surface area contributed by atoms with Crippen LogP contribution in [-0.2, 0) is 17.8 Å². The minimum Gasteiger partial charge on any atom is -0.492 e. The van der Waals surface area contributed by atoms with Crippen LogP contribution in [0.25, 0.3) is 11.0 Å². The molecule has 0 aliphatic heterocycles. The van der Waals surface area contributed by atoms with Gasteiger partial charge in [-0.2, -0.15) is 0 Å². The van der Waals surface area contributed by atoms with E-state index in [2.05, 4.69) is 16.0 Å². The van der Waals surface area contributed by atoms with Crippen molar-refractivity contribution in [1.29, 1.82) is 0 Å². The monoisotopic (exact) mass is 399 g/mol. The van der Waals surface area contributed by atoms with Crippen molar-refractivity contribution >= 4 is 28.5 Å². The van der Waals surface area contributed by atoms with E-state index < -0.39 is 0 Å². The van der Waals surface area contributed by atoms with Crippen LogP contribution in [0.5, 0.6) is 5.75 Å². The summed E-state index contributed by atoms with van der Waals surface area (Å²) >= 11 is 5.92. The molecule has 0 aliphatic carbocycles. The fourth-order valence-electron chi connectivity index (χ4n) is 3.14. The number of hydrogen-bond donors (Lipinski definition) is 1. The Labute approximate surface area is 170 Å². The molecule has 1 N–H and O–H groups in total. The van der Waals surface area contributed by atoms with Crippen LogP contribution < -0.4 is 10.1 Å². The summed E-state index contributed by atoms with van der Waals surface area (Å²) in [5.74, 6) is 1.94. The zero-order valence-corrected chi connectivity index (χ0v) is 16.9. The largest absolute Gasteiger partial charge is 0.492 e. The summed E-state index contributed by atoms with van der Waals surface area (Å²) in [5.41, 5.74) is 2.09. The van der Waals surface area contributed by atoms with Crippen LogP contribution in [0, 0.1) is 0 Å². The van der Waals surface area contributed by atoms with Gasteiger partial charge in [0.1, 0.15) is 18.2 Å². The molecule has 0 spiro atoms. The molecule has 0 atom stereocenters. The second-order valence-electron chi connectivity index (χ2n) is 6.67. The van der Waals surface area contributed by atoms with E-state index in [1.54, 1.807) is 0 Å². The Morgan fingerprint density at radius 1 is 1.18 bits per heavy atom. The number of rotatable bonds is 10. The Bertz CT molecular complexity index is 906. The normalized spacial score (nSPS) is 10.9. The van der Waals surface area contributed by atoms with Gasteiger partial charge in [-0.25, -0.2) is 4.98 Å². The predicted octanol–water partition coefficient (Wildman–Crippen LogP) is 4.62. The van der Waals surface area contributed by atoms with Gasteiger partial charge in [0.2, 0.25) is 5.91 Å². The van der Waals surface area contributed by atoms with Crippen LogP contribution in [0.3, 0.4) is 0 Å². The number of amides is 1. The van der Waals surface area contributed by atoms with Gasteiger partial charge < -0.3 is 14.6 Å². The molecule has 5 nitrogen and oxygen atoms in total. The third-order valence-electron chi connectivity index (χ3n) is 4.51. The summed E-state index contributed by atoms with van der Waals surface area (Å²) in [4.78, 5) is 16.4. The Morgan fingerprint density at radius 2 is 1.96 bits per heavy atom. The minimum absolute atomic E-state index is 0.118. The molecular weight excluding hydrogens is 374 g/mol. The average Bonchev–Trinajstić information content (AvgIpc) is 3.05. The molecule has 0 aliphatic rings. The molecule has 0 saturated carbocycles. The van der Waals surface area contributed by atoms with Gasteiger partial charge in [0, 0.05) is 24.4 Å². The Balaban J connectivity index is 1.61. The third-order valence-corrected chi connectivity index (χ3v) is 4.76. The quantitative estimate of drug-likeness (QED) is 0.506. The van der Waals surface area contributed by atoms with Crippen LogP contribution in [0.4, 0.5) is 0 Å². The fraction of sp³-hybridized carbons (Fsp3) is 0.364. The maximum atomic E-state index is 11.6. The summed E-state index contributed by atoms with van der Waals surface area (Å²) in [6.45, 7) is 3.93. The summed E-state index contributed by atoms with van der Waals surface area (Å²) < 4.78 is 8.07. The van der Waals surface area contributed by atoms with Crippen molar-refractivity contribution in [2.45, 2.75) is 39.2 Å². The summed E-state index contributed by atoms with van der Waals surface area (Å²) in [6, 6.07) is 15.5. The van der Waals surface area contributed by atoms with E-state index in [0.29, 0.717) is 31.1 Å². The molecule has 1 heterocycles. The highest BCUT2D eigenvalue weighted by molar-refractivity contribution is 6.30. The molecule has 0 radical (unpaired) electrons. The molecule has 3 aromatic rings.